The van der Waals surface area contributed by atoms with Crippen LogP contribution >= 0.6 is 23.2 Å². The van der Waals surface area contributed by atoms with Gasteiger partial charge in [0.1, 0.15) is 11.5 Å². The van der Waals surface area contributed by atoms with Crippen molar-refractivity contribution in [1.29, 1.82) is 0 Å². The number of nitrogens with one attached hydrogen (secondary N) is 1. The van der Waals surface area contributed by atoms with Gasteiger partial charge in [-0.25, -0.2) is 9.59 Å². The smallest absolute Gasteiger partial charge is 0.341 e. The molecule has 3 rings (SSSR count). The van der Waals surface area contributed by atoms with Gasteiger partial charge in [-0.3, -0.25) is 4.79 Å². The van der Waals surface area contributed by atoms with Crippen molar-refractivity contribution in [2.24, 2.45) is 0 Å². The molecule has 3 aromatic carbocycles. The van der Waals surface area contributed by atoms with Crippen molar-refractivity contribution >= 4 is 57.5 Å². The number of rotatable bonds is 8. The summed E-state index contributed by atoms with van der Waals surface area (Å²) in [6.07, 6.45) is 0. The Hall–Kier alpha value is -3.49. The van der Waals surface area contributed by atoms with E-state index < -0.39 is 31.1 Å². The zero-order valence-electron chi connectivity index (χ0n) is 15.7. The average Bonchev–Trinajstić information content (AvgIpc) is 2.70. The Morgan fingerprint density at radius 2 is 1.61 bits per heavy atom. The van der Waals surface area contributed by atoms with Crippen molar-refractivity contribution in [2.45, 2.75) is 0 Å². The molecular formula is C21H15Cl2NO7. The molecule has 8 nitrogen and oxygen atoms in total. The molecular weight excluding hydrogens is 449 g/mol. The number of amides is 1. The fourth-order valence-corrected chi connectivity index (χ4v) is 3.39. The lowest BCUT2D eigenvalue weighted by molar-refractivity contribution is -0.139. The largest absolute Gasteiger partial charge is 0.483 e. The number of anilines is 1. The molecule has 0 aliphatic carbocycles. The molecule has 10 heteroatoms. The van der Waals surface area contributed by atoms with Gasteiger partial charge in [0.25, 0.3) is 5.91 Å². The van der Waals surface area contributed by atoms with Crippen molar-refractivity contribution in [2.75, 3.05) is 18.5 Å². The second-order valence-electron chi connectivity index (χ2n) is 6.28. The minimum atomic E-state index is -1.18. The number of hydrogen-bond donors (Lipinski definition) is 3. The van der Waals surface area contributed by atoms with E-state index in [9.17, 15) is 19.5 Å². The van der Waals surface area contributed by atoms with Crippen LogP contribution in [0.5, 0.6) is 11.5 Å². The highest BCUT2D eigenvalue weighted by Crippen LogP contribution is 2.36. The molecule has 3 N–H and O–H groups in total. The highest BCUT2D eigenvalue weighted by atomic mass is 35.5. The molecule has 0 unspecified atom stereocenters. The molecule has 0 saturated carbocycles. The molecule has 160 valence electrons. The molecule has 0 aliphatic rings. The number of carboxylic acids is 2. The number of benzene rings is 3. The van der Waals surface area contributed by atoms with E-state index in [4.69, 9.17) is 37.8 Å². The van der Waals surface area contributed by atoms with Crippen LogP contribution in [0.2, 0.25) is 10.0 Å². The molecule has 0 spiro atoms. The van der Waals surface area contributed by atoms with Crippen molar-refractivity contribution < 1.29 is 34.1 Å². The zero-order valence-corrected chi connectivity index (χ0v) is 17.2. The summed E-state index contributed by atoms with van der Waals surface area (Å²) in [5.74, 6) is -2.65. The number of carbonyl (C=O) groups is 3. The van der Waals surface area contributed by atoms with Gasteiger partial charge in [-0.2, -0.15) is 0 Å². The van der Waals surface area contributed by atoms with Gasteiger partial charge in [0.15, 0.2) is 13.2 Å². The van der Waals surface area contributed by atoms with Gasteiger partial charge >= 0.3 is 11.9 Å². The SMILES string of the molecule is O=C(O)COc1ccccc1NC(=O)COc1cc(C(=O)O)cc2cc(Cl)cc(Cl)c12. The van der Waals surface area contributed by atoms with Crippen LogP contribution in [0.3, 0.4) is 0 Å². The maximum absolute atomic E-state index is 12.4. The topological polar surface area (TPSA) is 122 Å². The van der Waals surface area contributed by atoms with Crippen molar-refractivity contribution in [3.63, 3.8) is 0 Å². The van der Waals surface area contributed by atoms with Crippen LogP contribution in [0.1, 0.15) is 10.4 Å². The molecule has 0 fully saturated rings. The minimum Gasteiger partial charge on any atom is -0.483 e. The summed E-state index contributed by atoms with van der Waals surface area (Å²) in [6.45, 7) is -1.04. The van der Waals surface area contributed by atoms with Crippen LogP contribution < -0.4 is 14.8 Å². The summed E-state index contributed by atoms with van der Waals surface area (Å²) in [4.78, 5) is 34.5. The number of hydrogen-bond acceptors (Lipinski definition) is 5. The van der Waals surface area contributed by atoms with Crippen LogP contribution in [0.4, 0.5) is 5.69 Å². The normalized spacial score (nSPS) is 10.5. The maximum atomic E-state index is 12.4. The van der Waals surface area contributed by atoms with Crippen molar-refractivity contribution in [3.8, 4) is 11.5 Å². The third-order valence-corrected chi connectivity index (χ3v) is 4.56. The Morgan fingerprint density at radius 1 is 0.903 bits per heavy atom. The van der Waals surface area contributed by atoms with Gasteiger partial charge in [-0.1, -0.05) is 35.3 Å². The zero-order chi connectivity index (χ0) is 22.5. The molecule has 1 amide bonds. The first-order valence-electron chi connectivity index (χ1n) is 8.77. The number of aliphatic carboxylic acids is 1. The van der Waals surface area contributed by atoms with Crippen LogP contribution in [-0.4, -0.2) is 41.3 Å². The molecule has 0 atom stereocenters. The summed E-state index contributed by atoms with van der Waals surface area (Å²) < 4.78 is 10.7. The van der Waals surface area contributed by atoms with E-state index in [1.165, 1.54) is 36.4 Å². The number of carbonyl (C=O) groups excluding carboxylic acids is 1. The van der Waals surface area contributed by atoms with Gasteiger partial charge in [-0.05, 0) is 41.8 Å². The van der Waals surface area contributed by atoms with E-state index in [0.29, 0.717) is 15.8 Å². The second kappa shape index (κ2) is 9.55. The monoisotopic (exact) mass is 463 g/mol. The van der Waals surface area contributed by atoms with Gasteiger partial charge in [-0.15, -0.1) is 0 Å². The number of para-hydroxylation sites is 2. The predicted octanol–water partition coefficient (Wildman–Crippen LogP) is 4.33. The molecule has 3 aromatic rings. The van der Waals surface area contributed by atoms with E-state index in [1.807, 2.05) is 0 Å². The quantitative estimate of drug-likeness (QED) is 0.454. The Labute approximate surface area is 185 Å². The van der Waals surface area contributed by atoms with E-state index in [0.717, 1.165) is 0 Å². The highest BCUT2D eigenvalue weighted by molar-refractivity contribution is 6.39. The molecule has 0 saturated heterocycles. The molecule has 0 aliphatic heterocycles. The number of fused-ring (bicyclic) bond motifs is 1. The summed E-state index contributed by atoms with van der Waals surface area (Å²) in [5.41, 5.74) is 0.194. The van der Waals surface area contributed by atoms with Gasteiger partial charge < -0.3 is 25.0 Å². The second-order valence-corrected chi connectivity index (χ2v) is 7.12. The Balaban J connectivity index is 1.81. The molecule has 0 heterocycles. The van der Waals surface area contributed by atoms with Crippen LogP contribution in [0, 0.1) is 0 Å². The number of ether oxygens (including phenoxy) is 2. The Kier molecular flexibility index (Phi) is 6.84. The number of halogens is 2. The molecule has 0 radical (unpaired) electrons. The third kappa shape index (κ3) is 5.56. The van der Waals surface area contributed by atoms with Gasteiger partial charge in [0.05, 0.1) is 16.3 Å². The van der Waals surface area contributed by atoms with Crippen LogP contribution in [0.15, 0.2) is 48.5 Å². The van der Waals surface area contributed by atoms with E-state index in [1.54, 1.807) is 12.1 Å². The van der Waals surface area contributed by atoms with Crippen molar-refractivity contribution in [1.82, 2.24) is 0 Å². The summed E-state index contributed by atoms with van der Waals surface area (Å²) in [5, 5.41) is 22.1. The standard InChI is InChI=1S/C21H15Cl2NO7/c22-13-6-11-5-12(21(28)29)7-17(20(11)14(23)8-13)30-9-18(25)24-15-3-1-2-4-16(15)31-10-19(26)27/h1-8H,9-10H2,(H,24,25)(H,26,27)(H,28,29). The predicted molar refractivity (Wildman–Crippen MR) is 115 cm³/mol. The molecule has 0 aromatic heterocycles. The lowest BCUT2D eigenvalue weighted by atomic mass is 10.1. The number of aromatic carboxylic acids is 1. The minimum absolute atomic E-state index is 0.0614. The van der Waals surface area contributed by atoms with Crippen molar-refractivity contribution in [3.05, 3.63) is 64.1 Å². The lowest BCUT2D eigenvalue weighted by Crippen LogP contribution is -2.21. The molecule has 31 heavy (non-hydrogen) atoms. The first-order chi connectivity index (χ1) is 14.7. The Bertz CT molecular complexity index is 1180. The van der Waals surface area contributed by atoms with E-state index in [2.05, 4.69) is 5.32 Å². The fraction of sp³-hybridized carbons (Fsp3) is 0.0952. The van der Waals surface area contributed by atoms with Gasteiger partial charge in [0, 0.05) is 10.4 Å². The Morgan fingerprint density at radius 3 is 2.32 bits per heavy atom. The summed E-state index contributed by atoms with van der Waals surface area (Å²) >= 11 is 12.2. The lowest BCUT2D eigenvalue weighted by Gasteiger charge is -2.14. The van der Waals surface area contributed by atoms with Crippen LogP contribution in [-0.2, 0) is 9.59 Å². The van der Waals surface area contributed by atoms with Crippen LogP contribution in [0.25, 0.3) is 10.8 Å². The molecule has 0 bridgehead atoms. The van der Waals surface area contributed by atoms with Gasteiger partial charge in [0.2, 0.25) is 0 Å². The summed E-state index contributed by atoms with van der Waals surface area (Å²) in [7, 11) is 0. The average molecular weight is 464 g/mol. The summed E-state index contributed by atoms with van der Waals surface area (Å²) in [6, 6.07) is 12.0. The van der Waals surface area contributed by atoms with E-state index >= 15 is 0 Å². The number of carboxylic acid groups (broad SMARTS) is 2. The maximum Gasteiger partial charge on any atom is 0.341 e. The third-order valence-electron chi connectivity index (χ3n) is 4.05. The fourth-order valence-electron chi connectivity index (χ4n) is 2.79. The highest BCUT2D eigenvalue weighted by Gasteiger charge is 2.16. The first-order valence-corrected chi connectivity index (χ1v) is 9.52. The van der Waals surface area contributed by atoms with E-state index in [-0.39, 0.29) is 27.8 Å². The first kappa shape index (κ1) is 22.2.